The van der Waals surface area contributed by atoms with E-state index >= 15 is 0 Å². The van der Waals surface area contributed by atoms with E-state index in [1.807, 2.05) is 6.07 Å². The summed E-state index contributed by atoms with van der Waals surface area (Å²) < 4.78 is 0.928. The molecule has 0 radical (unpaired) electrons. The number of hydrogen-bond donors (Lipinski definition) is 1. The van der Waals surface area contributed by atoms with Gasteiger partial charge in [0.25, 0.3) is 0 Å². The van der Waals surface area contributed by atoms with Crippen LogP contribution in [0.3, 0.4) is 0 Å². The molecule has 0 spiro atoms. The molecule has 0 aromatic heterocycles. The quantitative estimate of drug-likeness (QED) is 0.930. The van der Waals surface area contributed by atoms with Crippen LogP contribution in [0.2, 0.25) is 0 Å². The van der Waals surface area contributed by atoms with Crippen molar-refractivity contribution in [3.8, 4) is 0 Å². The number of carboxylic acid groups (broad SMARTS) is 1. The first kappa shape index (κ1) is 12.4. The van der Waals surface area contributed by atoms with Crippen LogP contribution in [0.4, 0.5) is 5.69 Å². The molecule has 1 aliphatic rings. The van der Waals surface area contributed by atoms with Crippen LogP contribution in [0.5, 0.6) is 0 Å². The fourth-order valence-corrected chi connectivity index (χ4v) is 2.68. The Bertz CT molecular complexity index is 433. The van der Waals surface area contributed by atoms with E-state index in [2.05, 4.69) is 27.8 Å². The topological polar surface area (TPSA) is 40.5 Å². The van der Waals surface area contributed by atoms with E-state index in [0.717, 1.165) is 36.1 Å². The van der Waals surface area contributed by atoms with Crippen molar-refractivity contribution in [2.45, 2.75) is 19.8 Å². The molecule has 0 amide bonds. The number of anilines is 1. The number of hydrogen-bond acceptors (Lipinski definition) is 2. The molecule has 92 valence electrons. The van der Waals surface area contributed by atoms with E-state index in [0.29, 0.717) is 11.5 Å². The first-order valence-electron chi connectivity index (χ1n) is 5.89. The van der Waals surface area contributed by atoms with E-state index in [1.165, 1.54) is 0 Å². The van der Waals surface area contributed by atoms with Crippen LogP contribution in [-0.2, 0) is 0 Å². The second-order valence-corrected chi connectivity index (χ2v) is 5.39. The second kappa shape index (κ2) is 5.08. The Morgan fingerprint density at radius 1 is 1.59 bits per heavy atom. The molecular formula is C13H16BrNO2. The van der Waals surface area contributed by atoms with Crippen LogP contribution in [0.1, 0.15) is 30.1 Å². The van der Waals surface area contributed by atoms with Crippen molar-refractivity contribution in [3.05, 3.63) is 28.2 Å². The smallest absolute Gasteiger partial charge is 0.337 e. The van der Waals surface area contributed by atoms with E-state index < -0.39 is 5.97 Å². The predicted octanol–water partition coefficient (Wildman–Crippen LogP) is 3.38. The molecule has 1 aliphatic heterocycles. The zero-order valence-corrected chi connectivity index (χ0v) is 11.4. The Hall–Kier alpha value is -1.03. The van der Waals surface area contributed by atoms with E-state index in [9.17, 15) is 9.90 Å². The third-order valence-electron chi connectivity index (χ3n) is 3.39. The lowest BCUT2D eigenvalue weighted by molar-refractivity contribution is 0.0697. The fourth-order valence-electron chi connectivity index (χ4n) is 2.33. The van der Waals surface area contributed by atoms with Gasteiger partial charge in [-0.1, -0.05) is 29.3 Å². The van der Waals surface area contributed by atoms with Crippen LogP contribution in [0, 0.1) is 5.92 Å². The largest absolute Gasteiger partial charge is 0.478 e. The molecule has 0 aliphatic carbocycles. The summed E-state index contributed by atoms with van der Waals surface area (Å²) in [5, 5.41) is 9.20. The van der Waals surface area contributed by atoms with Gasteiger partial charge in [-0.2, -0.15) is 0 Å². The average molecular weight is 298 g/mol. The van der Waals surface area contributed by atoms with Gasteiger partial charge in [0.1, 0.15) is 0 Å². The molecule has 0 bridgehead atoms. The highest BCUT2D eigenvalue weighted by Gasteiger charge is 2.24. The predicted molar refractivity (Wildman–Crippen MR) is 71.7 cm³/mol. The summed E-state index contributed by atoms with van der Waals surface area (Å²) in [5.74, 6) is -0.164. The van der Waals surface area contributed by atoms with Gasteiger partial charge in [0, 0.05) is 17.6 Å². The van der Waals surface area contributed by atoms with Crippen LogP contribution >= 0.6 is 15.9 Å². The highest BCUT2D eigenvalue weighted by atomic mass is 79.9. The minimum atomic E-state index is -0.854. The Morgan fingerprint density at radius 2 is 2.35 bits per heavy atom. The third kappa shape index (κ3) is 2.63. The summed E-state index contributed by atoms with van der Waals surface area (Å²) in [4.78, 5) is 13.4. The normalized spacial score (nSPS) is 19.6. The zero-order chi connectivity index (χ0) is 12.4. The molecule has 1 saturated heterocycles. The molecule has 2 rings (SSSR count). The monoisotopic (exact) mass is 297 g/mol. The van der Waals surface area contributed by atoms with E-state index in [4.69, 9.17) is 0 Å². The van der Waals surface area contributed by atoms with Crippen molar-refractivity contribution in [2.75, 3.05) is 18.0 Å². The SMILES string of the molecule is CCC1CCN(c2cc(Br)ccc2C(=O)O)C1. The summed E-state index contributed by atoms with van der Waals surface area (Å²) in [7, 11) is 0. The van der Waals surface area contributed by atoms with Gasteiger partial charge >= 0.3 is 5.97 Å². The Labute approximate surface area is 110 Å². The Morgan fingerprint density at radius 3 is 2.94 bits per heavy atom. The molecule has 1 atom stereocenters. The van der Waals surface area contributed by atoms with Gasteiger partial charge in [-0.15, -0.1) is 0 Å². The van der Waals surface area contributed by atoms with Gasteiger partial charge in [-0.25, -0.2) is 4.79 Å². The molecule has 1 aromatic rings. The lowest BCUT2D eigenvalue weighted by Gasteiger charge is -2.21. The lowest BCUT2D eigenvalue weighted by atomic mass is 10.1. The molecule has 1 fully saturated rings. The van der Waals surface area contributed by atoms with Crippen molar-refractivity contribution in [3.63, 3.8) is 0 Å². The number of carboxylic acids is 1. The lowest BCUT2D eigenvalue weighted by Crippen LogP contribution is -2.22. The Kier molecular flexibility index (Phi) is 3.72. The highest BCUT2D eigenvalue weighted by Crippen LogP contribution is 2.30. The Balaban J connectivity index is 2.31. The fraction of sp³-hybridized carbons (Fsp3) is 0.462. The standard InChI is InChI=1S/C13H16BrNO2/c1-2-9-5-6-15(8-9)12-7-10(14)3-4-11(12)13(16)17/h3-4,7,9H,2,5-6,8H2,1H3,(H,16,17). The number of carbonyl (C=O) groups is 1. The van der Waals surface area contributed by atoms with Gasteiger partial charge in [-0.3, -0.25) is 0 Å². The van der Waals surface area contributed by atoms with Gasteiger partial charge in [0.2, 0.25) is 0 Å². The van der Waals surface area contributed by atoms with Crippen LogP contribution < -0.4 is 4.90 Å². The molecule has 4 heteroatoms. The van der Waals surface area contributed by atoms with Crippen molar-refractivity contribution in [1.29, 1.82) is 0 Å². The number of rotatable bonds is 3. The third-order valence-corrected chi connectivity index (χ3v) is 3.89. The number of benzene rings is 1. The molecule has 1 heterocycles. The summed E-state index contributed by atoms with van der Waals surface area (Å²) in [6.07, 6.45) is 2.31. The first-order valence-corrected chi connectivity index (χ1v) is 6.69. The van der Waals surface area contributed by atoms with Gasteiger partial charge in [0.15, 0.2) is 0 Å². The van der Waals surface area contributed by atoms with Crippen LogP contribution in [-0.4, -0.2) is 24.2 Å². The van der Waals surface area contributed by atoms with E-state index in [1.54, 1.807) is 12.1 Å². The summed E-state index contributed by atoms with van der Waals surface area (Å²) in [6, 6.07) is 5.35. The van der Waals surface area contributed by atoms with Crippen molar-refractivity contribution in [2.24, 2.45) is 5.92 Å². The minimum absolute atomic E-state index is 0.393. The zero-order valence-electron chi connectivity index (χ0n) is 9.82. The molecular weight excluding hydrogens is 282 g/mol. The maximum Gasteiger partial charge on any atom is 0.337 e. The van der Waals surface area contributed by atoms with Gasteiger partial charge < -0.3 is 10.0 Å². The summed E-state index contributed by atoms with van der Waals surface area (Å²) >= 11 is 3.41. The maximum absolute atomic E-state index is 11.2. The molecule has 3 nitrogen and oxygen atoms in total. The highest BCUT2D eigenvalue weighted by molar-refractivity contribution is 9.10. The average Bonchev–Trinajstić information content (AvgIpc) is 2.76. The van der Waals surface area contributed by atoms with E-state index in [-0.39, 0.29) is 0 Å². The minimum Gasteiger partial charge on any atom is -0.478 e. The summed E-state index contributed by atoms with van der Waals surface area (Å²) in [5.41, 5.74) is 1.23. The van der Waals surface area contributed by atoms with Crippen molar-refractivity contribution >= 4 is 27.6 Å². The summed E-state index contributed by atoms with van der Waals surface area (Å²) in [6.45, 7) is 4.11. The molecule has 1 N–H and O–H groups in total. The van der Waals surface area contributed by atoms with Crippen molar-refractivity contribution < 1.29 is 9.90 Å². The van der Waals surface area contributed by atoms with Crippen molar-refractivity contribution in [1.82, 2.24) is 0 Å². The van der Waals surface area contributed by atoms with Gasteiger partial charge in [0.05, 0.1) is 11.3 Å². The second-order valence-electron chi connectivity index (χ2n) is 4.48. The van der Waals surface area contributed by atoms with Gasteiger partial charge in [-0.05, 0) is 30.5 Å². The number of aromatic carboxylic acids is 1. The molecule has 0 saturated carbocycles. The molecule has 1 unspecified atom stereocenters. The first-order chi connectivity index (χ1) is 8.11. The molecule has 1 aromatic carbocycles. The number of nitrogens with zero attached hydrogens (tertiary/aromatic N) is 1. The van der Waals surface area contributed by atoms with Crippen LogP contribution in [0.15, 0.2) is 22.7 Å². The van der Waals surface area contributed by atoms with Crippen LogP contribution in [0.25, 0.3) is 0 Å². The molecule has 17 heavy (non-hydrogen) atoms. The number of halogens is 1. The maximum atomic E-state index is 11.2.